The highest BCUT2D eigenvalue weighted by molar-refractivity contribution is 5.06. The van der Waals surface area contributed by atoms with Crippen LogP contribution in [0.15, 0.2) is 17.1 Å². The summed E-state index contributed by atoms with van der Waals surface area (Å²) in [6.45, 7) is 2.48. The number of nitrogens with zero attached hydrogens (tertiary/aromatic N) is 2. The van der Waals surface area contributed by atoms with Gasteiger partial charge in [-0.3, -0.25) is 4.79 Å². The summed E-state index contributed by atoms with van der Waals surface area (Å²) in [5, 5.41) is 4.27. The molecule has 0 radical (unpaired) electrons. The highest BCUT2D eigenvalue weighted by atomic mass is 16.1. The molecule has 0 aromatic carbocycles. The number of hydrogen-bond acceptors (Lipinski definition) is 3. The number of rotatable bonds is 3. The molecule has 1 heterocycles. The van der Waals surface area contributed by atoms with Gasteiger partial charge in [-0.2, -0.15) is 5.10 Å². The van der Waals surface area contributed by atoms with E-state index < -0.39 is 0 Å². The first-order valence-corrected chi connectivity index (χ1v) is 8.33. The Morgan fingerprint density at radius 3 is 2.38 bits per heavy atom. The number of nitrogens with two attached hydrogens (primary N) is 1. The van der Waals surface area contributed by atoms with Crippen molar-refractivity contribution in [2.45, 2.75) is 58.0 Å². The molecule has 5 rings (SSSR count). The molecule has 114 valence electrons. The van der Waals surface area contributed by atoms with Crippen molar-refractivity contribution in [3.63, 3.8) is 0 Å². The molecule has 0 aliphatic heterocycles. The van der Waals surface area contributed by atoms with Gasteiger partial charge in [0.1, 0.15) is 0 Å². The molecule has 1 aromatic heterocycles. The van der Waals surface area contributed by atoms with Gasteiger partial charge in [-0.25, -0.2) is 4.68 Å². The maximum Gasteiger partial charge on any atom is 0.267 e. The summed E-state index contributed by atoms with van der Waals surface area (Å²) in [6.07, 6.45) is 9.87. The van der Waals surface area contributed by atoms with E-state index in [9.17, 15) is 4.79 Å². The molecule has 4 fully saturated rings. The van der Waals surface area contributed by atoms with Gasteiger partial charge >= 0.3 is 0 Å². The summed E-state index contributed by atoms with van der Waals surface area (Å²) in [5.41, 5.74) is 7.79. The molecule has 4 aliphatic rings. The van der Waals surface area contributed by atoms with Gasteiger partial charge in [-0.1, -0.05) is 0 Å². The Balaban J connectivity index is 1.57. The summed E-state index contributed by atoms with van der Waals surface area (Å²) in [4.78, 5) is 12.0. The molecule has 0 amide bonds. The van der Waals surface area contributed by atoms with Crippen molar-refractivity contribution in [1.82, 2.24) is 9.78 Å². The second-order valence-corrected chi connectivity index (χ2v) is 7.94. The first-order valence-electron chi connectivity index (χ1n) is 8.33. The SMILES string of the molecule is Cc1cnn(CC(N)C23CC4CC(CC(C4)C2)C3)c(=O)c1. The van der Waals surface area contributed by atoms with Crippen LogP contribution in [0.1, 0.15) is 44.1 Å². The first kappa shape index (κ1) is 13.5. The van der Waals surface area contributed by atoms with Crippen LogP contribution in [0.4, 0.5) is 0 Å². The van der Waals surface area contributed by atoms with Crippen molar-refractivity contribution >= 4 is 0 Å². The highest BCUT2D eigenvalue weighted by Gasteiger charge is 2.53. The molecule has 4 bridgehead atoms. The average Bonchev–Trinajstić information content (AvgIpc) is 2.40. The molecular formula is C17H25N3O. The molecule has 4 aliphatic carbocycles. The lowest BCUT2D eigenvalue weighted by atomic mass is 9.48. The molecule has 1 unspecified atom stereocenters. The molecule has 4 nitrogen and oxygen atoms in total. The van der Waals surface area contributed by atoms with Crippen LogP contribution in [-0.4, -0.2) is 15.8 Å². The number of aromatic nitrogens is 2. The van der Waals surface area contributed by atoms with Gasteiger partial charge in [0.2, 0.25) is 0 Å². The van der Waals surface area contributed by atoms with Crippen molar-refractivity contribution in [1.29, 1.82) is 0 Å². The molecule has 2 N–H and O–H groups in total. The smallest absolute Gasteiger partial charge is 0.267 e. The predicted octanol–water partition coefficient (Wildman–Crippen LogP) is 2.10. The molecule has 0 spiro atoms. The first-order chi connectivity index (χ1) is 10.0. The van der Waals surface area contributed by atoms with E-state index >= 15 is 0 Å². The van der Waals surface area contributed by atoms with Crippen LogP contribution in [0, 0.1) is 30.1 Å². The lowest BCUT2D eigenvalue weighted by Gasteiger charge is -2.58. The fraction of sp³-hybridized carbons (Fsp3) is 0.765. The average molecular weight is 287 g/mol. The highest BCUT2D eigenvalue weighted by Crippen LogP contribution is 2.61. The van der Waals surface area contributed by atoms with Crippen molar-refractivity contribution in [2.75, 3.05) is 0 Å². The molecule has 4 heteroatoms. The van der Waals surface area contributed by atoms with E-state index in [0.29, 0.717) is 6.54 Å². The lowest BCUT2D eigenvalue weighted by Crippen LogP contribution is -2.56. The normalized spacial score (nSPS) is 38.7. The van der Waals surface area contributed by atoms with Crippen LogP contribution < -0.4 is 11.3 Å². The van der Waals surface area contributed by atoms with E-state index in [1.54, 1.807) is 16.9 Å². The quantitative estimate of drug-likeness (QED) is 0.926. The zero-order valence-corrected chi connectivity index (χ0v) is 12.8. The maximum atomic E-state index is 12.0. The van der Waals surface area contributed by atoms with E-state index in [2.05, 4.69) is 5.10 Å². The fourth-order valence-corrected chi connectivity index (χ4v) is 5.67. The summed E-state index contributed by atoms with van der Waals surface area (Å²) in [5.74, 6) is 2.68. The van der Waals surface area contributed by atoms with Gasteiger partial charge in [0.05, 0.1) is 12.7 Å². The van der Waals surface area contributed by atoms with Gasteiger partial charge in [0.25, 0.3) is 5.56 Å². The van der Waals surface area contributed by atoms with Gasteiger partial charge in [-0.05, 0) is 74.2 Å². The summed E-state index contributed by atoms with van der Waals surface area (Å²) < 4.78 is 1.57. The van der Waals surface area contributed by atoms with Crippen molar-refractivity contribution in [3.05, 3.63) is 28.2 Å². The topological polar surface area (TPSA) is 60.9 Å². The zero-order chi connectivity index (χ0) is 14.6. The molecular weight excluding hydrogens is 262 g/mol. The van der Waals surface area contributed by atoms with Crippen molar-refractivity contribution in [3.8, 4) is 0 Å². The molecule has 1 aromatic rings. The van der Waals surface area contributed by atoms with Gasteiger partial charge in [-0.15, -0.1) is 0 Å². The van der Waals surface area contributed by atoms with Crippen LogP contribution in [0.3, 0.4) is 0 Å². The Kier molecular flexibility index (Phi) is 3.00. The molecule has 4 saturated carbocycles. The Morgan fingerprint density at radius 2 is 1.86 bits per heavy atom. The molecule has 0 saturated heterocycles. The number of aryl methyl sites for hydroxylation is 1. The third kappa shape index (κ3) is 2.24. The lowest BCUT2D eigenvalue weighted by molar-refractivity contribution is -0.0701. The summed E-state index contributed by atoms with van der Waals surface area (Å²) >= 11 is 0. The minimum absolute atomic E-state index is 0.0184. The summed E-state index contributed by atoms with van der Waals surface area (Å²) in [6, 6.07) is 1.72. The molecule has 1 atom stereocenters. The van der Waals surface area contributed by atoms with E-state index in [4.69, 9.17) is 5.73 Å². The van der Waals surface area contributed by atoms with E-state index in [0.717, 1.165) is 23.3 Å². The fourth-order valence-electron chi connectivity index (χ4n) is 5.67. The Morgan fingerprint density at radius 1 is 1.29 bits per heavy atom. The van der Waals surface area contributed by atoms with Gasteiger partial charge in [0, 0.05) is 12.1 Å². The zero-order valence-electron chi connectivity index (χ0n) is 12.8. The predicted molar refractivity (Wildman–Crippen MR) is 81.8 cm³/mol. The van der Waals surface area contributed by atoms with Crippen LogP contribution in [0.2, 0.25) is 0 Å². The Labute approximate surface area is 125 Å². The monoisotopic (exact) mass is 287 g/mol. The van der Waals surface area contributed by atoms with Crippen LogP contribution >= 0.6 is 0 Å². The largest absolute Gasteiger partial charge is 0.326 e. The number of hydrogen-bond donors (Lipinski definition) is 1. The van der Waals surface area contributed by atoms with Gasteiger partial charge < -0.3 is 5.73 Å². The Hall–Kier alpha value is -1.16. The second kappa shape index (κ2) is 4.67. The Bertz CT molecular complexity index is 571. The molecule has 21 heavy (non-hydrogen) atoms. The van der Waals surface area contributed by atoms with Crippen LogP contribution in [0.25, 0.3) is 0 Å². The van der Waals surface area contributed by atoms with E-state index in [1.165, 1.54) is 38.5 Å². The van der Waals surface area contributed by atoms with E-state index in [1.807, 2.05) is 6.92 Å². The van der Waals surface area contributed by atoms with Crippen molar-refractivity contribution in [2.24, 2.45) is 28.9 Å². The summed E-state index contributed by atoms with van der Waals surface area (Å²) in [7, 11) is 0. The van der Waals surface area contributed by atoms with Gasteiger partial charge in [0.15, 0.2) is 0 Å². The standard InChI is InChI=1S/C17H25N3O/c1-11-2-16(21)20(19-9-11)10-15(18)17-6-12-3-13(7-17)5-14(4-12)8-17/h2,9,12-15H,3-8,10,18H2,1H3. The van der Waals surface area contributed by atoms with Crippen molar-refractivity contribution < 1.29 is 0 Å². The minimum Gasteiger partial charge on any atom is -0.326 e. The van der Waals surface area contributed by atoms with E-state index in [-0.39, 0.29) is 17.0 Å². The third-order valence-corrected chi connectivity index (χ3v) is 6.25. The second-order valence-electron chi connectivity index (χ2n) is 7.94. The van der Waals surface area contributed by atoms with Crippen LogP contribution in [-0.2, 0) is 6.54 Å². The maximum absolute atomic E-state index is 12.0. The van der Waals surface area contributed by atoms with Crippen LogP contribution in [0.5, 0.6) is 0 Å². The third-order valence-electron chi connectivity index (χ3n) is 6.25. The minimum atomic E-state index is -0.0184.